The van der Waals surface area contributed by atoms with E-state index >= 15 is 0 Å². The Morgan fingerprint density at radius 1 is 0.500 bits per heavy atom. The van der Waals surface area contributed by atoms with Crippen molar-refractivity contribution >= 4 is 23.0 Å². The molecule has 4 aromatic carbocycles. The smallest absolute Gasteiger partial charge is 0.169 e. The summed E-state index contributed by atoms with van der Waals surface area (Å²) in [6.45, 7) is 8.39. The quantitative estimate of drug-likeness (QED) is 0.219. The number of amidine groups is 2. The highest BCUT2D eigenvalue weighted by Gasteiger charge is 2.16. The highest BCUT2D eigenvalue weighted by atomic mass is 15.1. The van der Waals surface area contributed by atoms with Gasteiger partial charge in [0.05, 0.1) is 12.1 Å². The standard InChI is InChI=1S/C32H34N4/c1-23-15-19-29(20-16-23)35-31(33-25(3)27-11-7-5-8-12-27)32(36-30-21-17-24(2)18-22-30)34-26(4)28-13-9-6-10-14-28/h5-22,25-26H,1-4H3,(H,33,35)(H,34,36). The number of hydrogen-bond donors (Lipinski definition) is 2. The monoisotopic (exact) mass is 474 g/mol. The normalized spacial score (nSPS) is 13.7. The maximum absolute atomic E-state index is 5.14. The SMILES string of the molecule is Cc1ccc(NC(=NC(C)c2ccccc2)C(=NC(C)c2ccccc2)Nc2ccc(C)cc2)cc1. The van der Waals surface area contributed by atoms with Crippen molar-refractivity contribution in [2.75, 3.05) is 10.6 Å². The molecule has 2 N–H and O–H groups in total. The van der Waals surface area contributed by atoms with Crippen molar-refractivity contribution in [2.24, 2.45) is 9.98 Å². The molecule has 182 valence electrons. The van der Waals surface area contributed by atoms with Crippen LogP contribution in [-0.2, 0) is 0 Å². The number of anilines is 2. The maximum atomic E-state index is 5.14. The molecule has 0 saturated carbocycles. The molecule has 0 fully saturated rings. The average Bonchev–Trinajstić information content (AvgIpc) is 2.91. The summed E-state index contributed by atoms with van der Waals surface area (Å²) in [5.41, 5.74) is 6.64. The lowest BCUT2D eigenvalue weighted by atomic mass is 10.1. The zero-order valence-electron chi connectivity index (χ0n) is 21.4. The van der Waals surface area contributed by atoms with Crippen LogP contribution in [0.5, 0.6) is 0 Å². The average molecular weight is 475 g/mol. The molecular formula is C32H34N4. The van der Waals surface area contributed by atoms with Crippen LogP contribution in [-0.4, -0.2) is 11.7 Å². The number of nitrogens with one attached hydrogen (secondary N) is 2. The van der Waals surface area contributed by atoms with E-state index in [0.29, 0.717) is 11.7 Å². The summed E-state index contributed by atoms with van der Waals surface area (Å²) >= 11 is 0. The first kappa shape index (κ1) is 24.9. The molecule has 4 heteroatoms. The molecule has 0 radical (unpaired) electrons. The van der Waals surface area contributed by atoms with Crippen LogP contribution in [0.2, 0.25) is 0 Å². The van der Waals surface area contributed by atoms with Crippen molar-refractivity contribution in [2.45, 2.75) is 39.8 Å². The fourth-order valence-corrected chi connectivity index (χ4v) is 3.85. The predicted octanol–water partition coefficient (Wildman–Crippen LogP) is 8.15. The van der Waals surface area contributed by atoms with E-state index in [4.69, 9.17) is 9.98 Å². The van der Waals surface area contributed by atoms with Crippen LogP contribution in [0.1, 0.15) is 48.2 Å². The fraction of sp³-hybridized carbons (Fsp3) is 0.188. The Morgan fingerprint density at radius 2 is 0.833 bits per heavy atom. The van der Waals surface area contributed by atoms with Gasteiger partial charge in [-0.1, -0.05) is 96.1 Å². The highest BCUT2D eigenvalue weighted by molar-refractivity contribution is 6.48. The van der Waals surface area contributed by atoms with Gasteiger partial charge in [0.15, 0.2) is 11.7 Å². The largest absolute Gasteiger partial charge is 0.337 e. The minimum absolute atomic E-state index is 0.0591. The van der Waals surface area contributed by atoms with Crippen LogP contribution in [0.15, 0.2) is 119 Å². The van der Waals surface area contributed by atoms with Crippen molar-refractivity contribution in [3.63, 3.8) is 0 Å². The summed E-state index contributed by atoms with van der Waals surface area (Å²) in [6, 6.07) is 37.2. The predicted molar refractivity (Wildman–Crippen MR) is 154 cm³/mol. The molecule has 0 bridgehead atoms. The molecule has 4 nitrogen and oxygen atoms in total. The Kier molecular flexibility index (Phi) is 8.30. The van der Waals surface area contributed by atoms with Crippen molar-refractivity contribution in [1.29, 1.82) is 0 Å². The first-order valence-electron chi connectivity index (χ1n) is 12.4. The summed E-state index contributed by atoms with van der Waals surface area (Å²) in [4.78, 5) is 10.3. The summed E-state index contributed by atoms with van der Waals surface area (Å²) in [6.07, 6.45) is 0. The number of rotatable bonds is 6. The molecule has 0 spiro atoms. The lowest BCUT2D eigenvalue weighted by Crippen LogP contribution is -2.31. The van der Waals surface area contributed by atoms with Gasteiger partial charge in [-0.3, -0.25) is 9.98 Å². The Balaban J connectivity index is 1.78. The molecule has 0 amide bonds. The van der Waals surface area contributed by atoms with Crippen molar-refractivity contribution in [3.05, 3.63) is 131 Å². The third kappa shape index (κ3) is 6.92. The third-order valence-electron chi connectivity index (χ3n) is 6.06. The first-order valence-corrected chi connectivity index (χ1v) is 12.4. The van der Waals surface area contributed by atoms with E-state index in [0.717, 1.165) is 22.5 Å². The van der Waals surface area contributed by atoms with E-state index in [-0.39, 0.29) is 12.1 Å². The molecule has 4 aromatic rings. The minimum Gasteiger partial charge on any atom is -0.337 e. The molecule has 0 aliphatic heterocycles. The second-order valence-corrected chi connectivity index (χ2v) is 9.11. The van der Waals surface area contributed by atoms with E-state index in [2.05, 4.69) is 111 Å². The number of aryl methyl sites for hydroxylation is 2. The summed E-state index contributed by atoms with van der Waals surface area (Å²) in [7, 11) is 0. The Labute approximate surface area is 214 Å². The summed E-state index contributed by atoms with van der Waals surface area (Å²) < 4.78 is 0. The lowest BCUT2D eigenvalue weighted by Gasteiger charge is -2.19. The van der Waals surface area contributed by atoms with Gasteiger partial charge < -0.3 is 10.6 Å². The van der Waals surface area contributed by atoms with Crippen molar-refractivity contribution < 1.29 is 0 Å². The van der Waals surface area contributed by atoms with Crippen LogP contribution in [0.4, 0.5) is 11.4 Å². The topological polar surface area (TPSA) is 48.8 Å². The third-order valence-corrected chi connectivity index (χ3v) is 6.06. The van der Waals surface area contributed by atoms with Gasteiger partial charge in [0.2, 0.25) is 0 Å². The maximum Gasteiger partial charge on any atom is 0.169 e. The number of aliphatic imine (C=N–C) groups is 2. The van der Waals surface area contributed by atoms with E-state index < -0.39 is 0 Å². The molecule has 4 rings (SSSR count). The van der Waals surface area contributed by atoms with E-state index in [9.17, 15) is 0 Å². The number of benzene rings is 4. The highest BCUT2D eigenvalue weighted by Crippen LogP contribution is 2.21. The van der Waals surface area contributed by atoms with E-state index in [1.165, 1.54) is 11.1 Å². The van der Waals surface area contributed by atoms with Gasteiger partial charge in [-0.2, -0.15) is 0 Å². The van der Waals surface area contributed by atoms with Gasteiger partial charge in [-0.05, 0) is 63.1 Å². The molecule has 0 saturated heterocycles. The molecule has 2 unspecified atom stereocenters. The van der Waals surface area contributed by atoms with E-state index in [1.54, 1.807) is 0 Å². The molecule has 0 aromatic heterocycles. The minimum atomic E-state index is -0.0591. The molecule has 0 aliphatic carbocycles. The van der Waals surface area contributed by atoms with Gasteiger partial charge in [0, 0.05) is 11.4 Å². The van der Waals surface area contributed by atoms with Gasteiger partial charge in [-0.15, -0.1) is 0 Å². The van der Waals surface area contributed by atoms with Crippen LogP contribution >= 0.6 is 0 Å². The fourth-order valence-electron chi connectivity index (χ4n) is 3.85. The van der Waals surface area contributed by atoms with Crippen LogP contribution in [0.25, 0.3) is 0 Å². The summed E-state index contributed by atoms with van der Waals surface area (Å²) in [5, 5.41) is 7.10. The van der Waals surface area contributed by atoms with Crippen LogP contribution in [0.3, 0.4) is 0 Å². The van der Waals surface area contributed by atoms with Crippen molar-refractivity contribution in [1.82, 2.24) is 0 Å². The second-order valence-electron chi connectivity index (χ2n) is 9.11. The van der Waals surface area contributed by atoms with Gasteiger partial charge in [0.1, 0.15) is 0 Å². The van der Waals surface area contributed by atoms with Crippen LogP contribution < -0.4 is 10.6 Å². The van der Waals surface area contributed by atoms with Gasteiger partial charge >= 0.3 is 0 Å². The Morgan fingerprint density at radius 3 is 1.17 bits per heavy atom. The summed E-state index contributed by atoms with van der Waals surface area (Å²) in [5.74, 6) is 1.39. The van der Waals surface area contributed by atoms with Crippen molar-refractivity contribution in [3.8, 4) is 0 Å². The molecule has 2 atom stereocenters. The number of nitrogens with zero attached hydrogens (tertiary/aromatic N) is 2. The second kappa shape index (κ2) is 12.0. The molecular weight excluding hydrogens is 440 g/mol. The molecule has 0 aliphatic rings. The first-order chi connectivity index (χ1) is 17.5. The zero-order chi connectivity index (χ0) is 25.3. The van der Waals surface area contributed by atoms with Crippen LogP contribution in [0, 0.1) is 13.8 Å². The van der Waals surface area contributed by atoms with Gasteiger partial charge in [-0.25, -0.2) is 0 Å². The Hall–Kier alpha value is -4.18. The Bertz CT molecular complexity index is 1190. The molecule has 0 heterocycles. The zero-order valence-corrected chi connectivity index (χ0v) is 21.4. The molecule has 36 heavy (non-hydrogen) atoms. The van der Waals surface area contributed by atoms with Gasteiger partial charge in [0.25, 0.3) is 0 Å². The lowest BCUT2D eigenvalue weighted by molar-refractivity contribution is 0.813. The number of hydrogen-bond acceptors (Lipinski definition) is 2. The van der Waals surface area contributed by atoms with E-state index in [1.807, 2.05) is 36.4 Å².